The number of hydrogen-bond acceptors (Lipinski definition) is 1. The summed E-state index contributed by atoms with van der Waals surface area (Å²) in [6.07, 6.45) is 3.55. The molecule has 0 atom stereocenters. The lowest BCUT2D eigenvalue weighted by Gasteiger charge is -2.12. The third kappa shape index (κ3) is 4.08. The minimum atomic E-state index is -0.00961. The first-order valence-corrected chi connectivity index (χ1v) is 7.33. The average molecular weight is 380 g/mol. The van der Waals surface area contributed by atoms with Gasteiger partial charge in [-0.1, -0.05) is 23.7 Å². The van der Waals surface area contributed by atoms with E-state index in [1.54, 1.807) is 30.3 Å². The van der Waals surface area contributed by atoms with Gasteiger partial charge < -0.3 is 0 Å². The van der Waals surface area contributed by atoms with E-state index >= 15 is 0 Å². The first-order chi connectivity index (χ1) is 9.90. The van der Waals surface area contributed by atoms with Crippen LogP contribution in [0.2, 0.25) is 5.02 Å². The van der Waals surface area contributed by atoms with Crippen molar-refractivity contribution in [3.8, 4) is 0 Å². The molecule has 0 amide bonds. The van der Waals surface area contributed by atoms with Gasteiger partial charge in [0.15, 0.2) is 5.78 Å². The molecule has 22 heavy (non-hydrogen) atoms. The Morgan fingerprint density at radius 1 is 0.955 bits per heavy atom. The van der Waals surface area contributed by atoms with Crippen molar-refractivity contribution in [1.29, 1.82) is 0 Å². The molecule has 0 aliphatic rings. The summed E-state index contributed by atoms with van der Waals surface area (Å²) in [5.41, 5.74) is 6.72. The van der Waals surface area contributed by atoms with Crippen LogP contribution in [0.4, 0.5) is 0 Å². The van der Waals surface area contributed by atoms with Crippen LogP contribution in [0, 0.1) is 27.7 Å². The van der Waals surface area contributed by atoms with E-state index in [2.05, 4.69) is 33.8 Å². The highest BCUT2D eigenvalue weighted by Gasteiger charge is 2.07. The van der Waals surface area contributed by atoms with Crippen LogP contribution in [0.15, 0.2) is 36.4 Å². The zero-order valence-electron chi connectivity index (χ0n) is 13.2. The van der Waals surface area contributed by atoms with Gasteiger partial charge in [-0.05, 0) is 85.9 Å². The Morgan fingerprint density at radius 2 is 1.45 bits per heavy atom. The first-order valence-electron chi connectivity index (χ1n) is 6.95. The molecule has 2 aromatic rings. The van der Waals surface area contributed by atoms with Gasteiger partial charge in [-0.3, -0.25) is 4.79 Å². The van der Waals surface area contributed by atoms with Gasteiger partial charge >= 0.3 is 0 Å². The predicted molar refractivity (Wildman–Crippen MR) is 101 cm³/mol. The number of benzene rings is 2. The van der Waals surface area contributed by atoms with Gasteiger partial charge in [0, 0.05) is 10.6 Å². The zero-order chi connectivity index (χ0) is 15.6. The molecular weight excluding hydrogens is 360 g/mol. The summed E-state index contributed by atoms with van der Waals surface area (Å²) in [5.74, 6) is -0.00961. The number of halogens is 2. The third-order valence-electron chi connectivity index (χ3n) is 3.95. The smallest absolute Gasteiger partial charge is 0.185 e. The Morgan fingerprint density at radius 3 is 1.95 bits per heavy atom. The minimum Gasteiger partial charge on any atom is -0.289 e. The van der Waals surface area contributed by atoms with Crippen molar-refractivity contribution in [2.75, 3.05) is 0 Å². The highest BCUT2D eigenvalue weighted by atomic mass is 79.9. The van der Waals surface area contributed by atoms with E-state index in [-0.39, 0.29) is 22.8 Å². The Balaban J connectivity index is 0.00000242. The van der Waals surface area contributed by atoms with Gasteiger partial charge in [-0.25, -0.2) is 0 Å². The van der Waals surface area contributed by atoms with Crippen molar-refractivity contribution in [2.45, 2.75) is 27.7 Å². The number of hydrogen-bond donors (Lipinski definition) is 0. The van der Waals surface area contributed by atoms with Crippen LogP contribution in [-0.2, 0) is 0 Å². The Hall–Kier alpha value is -1.38. The Bertz CT molecular complexity index is 689. The molecule has 0 aliphatic carbocycles. The highest BCUT2D eigenvalue weighted by Crippen LogP contribution is 2.23. The molecule has 2 aromatic carbocycles. The van der Waals surface area contributed by atoms with Crippen LogP contribution >= 0.6 is 28.6 Å². The molecule has 1 nitrogen and oxygen atoms in total. The predicted octanol–water partition coefficient (Wildman–Crippen LogP) is 6.05. The Kier molecular flexibility index (Phi) is 6.58. The van der Waals surface area contributed by atoms with Crippen LogP contribution in [0.3, 0.4) is 0 Å². The molecule has 116 valence electrons. The van der Waals surface area contributed by atoms with Crippen molar-refractivity contribution < 1.29 is 4.79 Å². The van der Waals surface area contributed by atoms with Gasteiger partial charge in [0.2, 0.25) is 0 Å². The molecule has 0 aliphatic heterocycles. The molecule has 0 saturated heterocycles. The molecule has 0 bridgehead atoms. The molecule has 0 saturated carbocycles. The minimum absolute atomic E-state index is 0. The molecule has 0 aromatic heterocycles. The summed E-state index contributed by atoms with van der Waals surface area (Å²) in [6, 6.07) is 9.14. The SMILES string of the molecule is Br.Cc1cc(C)c(C)c(C=CC(=O)c2ccc(Cl)cc2)c1C. The molecule has 0 fully saturated rings. The van der Waals surface area contributed by atoms with E-state index in [4.69, 9.17) is 11.6 Å². The van der Waals surface area contributed by atoms with Gasteiger partial charge in [0.05, 0.1) is 0 Å². The number of aryl methyl sites for hydroxylation is 2. The maximum atomic E-state index is 12.2. The summed E-state index contributed by atoms with van der Waals surface area (Å²) in [4.78, 5) is 12.2. The fourth-order valence-electron chi connectivity index (χ4n) is 2.37. The summed E-state index contributed by atoms with van der Waals surface area (Å²) in [5, 5.41) is 0.636. The molecule has 0 N–H and O–H groups in total. The third-order valence-corrected chi connectivity index (χ3v) is 4.21. The second-order valence-electron chi connectivity index (χ2n) is 5.38. The monoisotopic (exact) mass is 378 g/mol. The van der Waals surface area contributed by atoms with Crippen LogP contribution in [0.5, 0.6) is 0 Å². The number of rotatable bonds is 3. The molecular formula is C19H20BrClO. The van der Waals surface area contributed by atoms with Crippen molar-refractivity contribution in [3.63, 3.8) is 0 Å². The summed E-state index contributed by atoms with van der Waals surface area (Å²) < 4.78 is 0. The molecule has 0 spiro atoms. The standard InChI is InChI=1S/C19H19ClO.BrH/c1-12-11-13(2)15(4)18(14(12)3)9-10-19(21)16-5-7-17(20)8-6-16;/h5-11H,1-4H3;1H. The van der Waals surface area contributed by atoms with E-state index in [1.165, 1.54) is 22.3 Å². The maximum absolute atomic E-state index is 12.2. The highest BCUT2D eigenvalue weighted by molar-refractivity contribution is 8.93. The average Bonchev–Trinajstić information content (AvgIpc) is 2.45. The first kappa shape index (κ1) is 18.7. The Labute approximate surface area is 147 Å². The van der Waals surface area contributed by atoms with Crippen LogP contribution < -0.4 is 0 Å². The summed E-state index contributed by atoms with van der Waals surface area (Å²) in [7, 11) is 0. The summed E-state index contributed by atoms with van der Waals surface area (Å²) >= 11 is 5.84. The molecule has 0 unspecified atom stereocenters. The maximum Gasteiger partial charge on any atom is 0.185 e. The molecule has 3 heteroatoms. The molecule has 2 rings (SSSR count). The molecule has 0 heterocycles. The van der Waals surface area contributed by atoms with E-state index in [9.17, 15) is 4.79 Å². The number of allylic oxidation sites excluding steroid dienone is 1. The fourth-order valence-corrected chi connectivity index (χ4v) is 2.49. The number of carbonyl (C=O) groups is 1. The van der Waals surface area contributed by atoms with Gasteiger partial charge in [0.25, 0.3) is 0 Å². The summed E-state index contributed by atoms with van der Waals surface area (Å²) in [6.45, 7) is 8.38. The van der Waals surface area contributed by atoms with E-state index in [0.717, 1.165) is 5.56 Å². The lowest BCUT2D eigenvalue weighted by Crippen LogP contribution is -1.97. The van der Waals surface area contributed by atoms with Crippen molar-refractivity contribution in [2.24, 2.45) is 0 Å². The van der Waals surface area contributed by atoms with Crippen LogP contribution in [0.1, 0.15) is 38.2 Å². The van der Waals surface area contributed by atoms with Gasteiger partial charge in [0.1, 0.15) is 0 Å². The topological polar surface area (TPSA) is 17.1 Å². The number of carbonyl (C=O) groups excluding carboxylic acids is 1. The van der Waals surface area contributed by atoms with E-state index in [0.29, 0.717) is 10.6 Å². The van der Waals surface area contributed by atoms with Crippen molar-refractivity contribution in [3.05, 3.63) is 74.8 Å². The fraction of sp³-hybridized carbons (Fsp3) is 0.211. The van der Waals surface area contributed by atoms with Crippen LogP contribution in [0.25, 0.3) is 6.08 Å². The quantitative estimate of drug-likeness (QED) is 0.469. The van der Waals surface area contributed by atoms with Gasteiger partial charge in [-0.2, -0.15) is 0 Å². The molecule has 0 radical (unpaired) electrons. The lowest BCUT2D eigenvalue weighted by atomic mass is 9.93. The van der Waals surface area contributed by atoms with Crippen molar-refractivity contribution in [1.82, 2.24) is 0 Å². The normalized spacial score (nSPS) is 10.6. The van der Waals surface area contributed by atoms with E-state index in [1.807, 2.05) is 6.08 Å². The van der Waals surface area contributed by atoms with Crippen molar-refractivity contribution >= 4 is 40.4 Å². The number of ketones is 1. The lowest BCUT2D eigenvalue weighted by molar-refractivity contribution is 0.104. The van der Waals surface area contributed by atoms with Crippen LogP contribution in [-0.4, -0.2) is 5.78 Å². The second kappa shape index (κ2) is 7.75. The van der Waals surface area contributed by atoms with E-state index < -0.39 is 0 Å². The zero-order valence-corrected chi connectivity index (χ0v) is 15.7. The largest absolute Gasteiger partial charge is 0.289 e. The second-order valence-corrected chi connectivity index (χ2v) is 5.81. The van der Waals surface area contributed by atoms with Gasteiger partial charge in [-0.15, -0.1) is 17.0 Å².